The Morgan fingerprint density at radius 3 is 3.15 bits per heavy atom. The molecule has 6 heteroatoms. The molecule has 104 valence electrons. The highest BCUT2D eigenvalue weighted by molar-refractivity contribution is 9.10. The van der Waals surface area contributed by atoms with E-state index < -0.39 is 0 Å². The molecule has 0 aliphatic carbocycles. The molecule has 2 heterocycles. The molecule has 0 saturated carbocycles. The first-order chi connectivity index (χ1) is 9.65. The van der Waals surface area contributed by atoms with Crippen LogP contribution in [0.5, 0.6) is 0 Å². The Hall–Kier alpha value is -1.53. The molecule has 1 aliphatic rings. The lowest BCUT2D eigenvalue weighted by Gasteiger charge is -2.17. The summed E-state index contributed by atoms with van der Waals surface area (Å²) in [5, 5.41) is 3.19. The van der Waals surface area contributed by atoms with Crippen molar-refractivity contribution >= 4 is 15.9 Å². The second-order valence-corrected chi connectivity index (χ2v) is 5.62. The largest absolute Gasteiger partial charge is 0.311 e. The number of aromatic nitrogens is 2. The molecule has 0 saturated heterocycles. The monoisotopic (exact) mass is 337 g/mol. The van der Waals surface area contributed by atoms with Crippen molar-refractivity contribution < 1.29 is 4.39 Å². The zero-order chi connectivity index (χ0) is 14.1. The summed E-state index contributed by atoms with van der Waals surface area (Å²) in [6, 6.07) is 4.45. The summed E-state index contributed by atoms with van der Waals surface area (Å²) in [5.41, 5.74) is 2.27. The summed E-state index contributed by atoms with van der Waals surface area (Å²) < 4.78 is 15.6. The number of benzene rings is 1. The summed E-state index contributed by atoms with van der Waals surface area (Å²) in [5.74, 6) is -0.314. The first kappa shape index (κ1) is 13.5. The van der Waals surface area contributed by atoms with Crippen molar-refractivity contribution in [2.75, 3.05) is 6.54 Å². The molecule has 0 spiro atoms. The van der Waals surface area contributed by atoms with Crippen LogP contribution in [0.2, 0.25) is 0 Å². The normalized spacial score (nSPS) is 14.1. The number of nitrogens with one attached hydrogen (secondary N) is 1. The lowest BCUT2D eigenvalue weighted by atomic mass is 10.1. The number of nitrogens with zero attached hydrogens (tertiary/aromatic N) is 2. The van der Waals surface area contributed by atoms with Gasteiger partial charge in [0, 0.05) is 16.6 Å². The van der Waals surface area contributed by atoms with Crippen LogP contribution < -0.4 is 10.9 Å². The van der Waals surface area contributed by atoms with Crippen LogP contribution in [0.25, 0.3) is 0 Å². The van der Waals surface area contributed by atoms with Crippen LogP contribution in [0.4, 0.5) is 4.39 Å². The Labute approximate surface area is 123 Å². The van der Waals surface area contributed by atoms with E-state index in [0.717, 1.165) is 27.8 Å². The van der Waals surface area contributed by atoms with Gasteiger partial charge in [-0.2, -0.15) is 0 Å². The van der Waals surface area contributed by atoms with Crippen LogP contribution in [0, 0.1) is 5.82 Å². The highest BCUT2D eigenvalue weighted by Gasteiger charge is 2.15. The Bertz CT molecular complexity index is 714. The number of hydrogen-bond acceptors (Lipinski definition) is 3. The van der Waals surface area contributed by atoms with Crippen molar-refractivity contribution in [2.45, 2.75) is 19.5 Å². The number of hydrogen-bond donors (Lipinski definition) is 1. The molecule has 1 aromatic carbocycles. The molecule has 0 bridgehead atoms. The molecule has 0 amide bonds. The van der Waals surface area contributed by atoms with Crippen molar-refractivity contribution in [3.8, 4) is 0 Å². The van der Waals surface area contributed by atoms with Gasteiger partial charge in [0.25, 0.3) is 5.56 Å². The maximum Gasteiger partial charge on any atom is 0.257 e. The summed E-state index contributed by atoms with van der Waals surface area (Å²) in [7, 11) is 0. The Morgan fingerprint density at radius 1 is 1.45 bits per heavy atom. The van der Waals surface area contributed by atoms with Gasteiger partial charge in [-0.15, -0.1) is 0 Å². The third-order valence-corrected chi connectivity index (χ3v) is 4.19. The van der Waals surface area contributed by atoms with E-state index in [4.69, 9.17) is 0 Å². The lowest BCUT2D eigenvalue weighted by Crippen LogP contribution is -2.34. The van der Waals surface area contributed by atoms with Crippen LogP contribution in [0.3, 0.4) is 0 Å². The van der Waals surface area contributed by atoms with Gasteiger partial charge in [-0.1, -0.05) is 15.9 Å². The predicted molar refractivity (Wildman–Crippen MR) is 77.1 cm³/mol. The molecule has 0 atom stereocenters. The molecule has 1 aromatic heterocycles. The highest BCUT2D eigenvalue weighted by Crippen LogP contribution is 2.18. The van der Waals surface area contributed by atoms with Crippen LogP contribution in [-0.4, -0.2) is 16.1 Å². The summed E-state index contributed by atoms with van der Waals surface area (Å²) in [4.78, 5) is 16.7. The SMILES string of the molecule is O=c1c2c(ncn1Cc1cc(F)ccc1Br)CNCC2. The van der Waals surface area contributed by atoms with Crippen LogP contribution >= 0.6 is 15.9 Å². The molecule has 0 fully saturated rings. The molecule has 3 rings (SSSR count). The molecule has 4 nitrogen and oxygen atoms in total. The van der Waals surface area contributed by atoms with Crippen molar-refractivity contribution in [3.05, 3.63) is 62.0 Å². The third kappa shape index (κ3) is 2.53. The van der Waals surface area contributed by atoms with Crippen molar-refractivity contribution in [1.82, 2.24) is 14.9 Å². The predicted octanol–water partition coefficient (Wildman–Crippen LogP) is 1.84. The average Bonchev–Trinajstić information content (AvgIpc) is 2.46. The Morgan fingerprint density at radius 2 is 2.30 bits per heavy atom. The molecule has 0 unspecified atom stereocenters. The van der Waals surface area contributed by atoms with Crippen LogP contribution in [-0.2, 0) is 19.5 Å². The average molecular weight is 338 g/mol. The summed E-state index contributed by atoms with van der Waals surface area (Å²) >= 11 is 3.37. The van der Waals surface area contributed by atoms with Gasteiger partial charge >= 0.3 is 0 Å². The van der Waals surface area contributed by atoms with E-state index in [1.54, 1.807) is 6.07 Å². The smallest absolute Gasteiger partial charge is 0.257 e. The quantitative estimate of drug-likeness (QED) is 0.909. The second-order valence-electron chi connectivity index (χ2n) is 4.77. The van der Waals surface area contributed by atoms with Gasteiger partial charge < -0.3 is 5.32 Å². The maximum absolute atomic E-state index is 13.3. The van der Waals surface area contributed by atoms with E-state index in [0.29, 0.717) is 19.5 Å². The minimum absolute atomic E-state index is 0.0346. The van der Waals surface area contributed by atoms with E-state index >= 15 is 0 Å². The Balaban J connectivity index is 1.99. The van der Waals surface area contributed by atoms with Gasteiger partial charge in [-0.25, -0.2) is 9.37 Å². The molecular formula is C14H13BrFN3O. The highest BCUT2D eigenvalue weighted by atomic mass is 79.9. The minimum Gasteiger partial charge on any atom is -0.311 e. The van der Waals surface area contributed by atoms with Gasteiger partial charge in [0.2, 0.25) is 0 Å². The Kier molecular flexibility index (Phi) is 3.67. The van der Waals surface area contributed by atoms with Gasteiger partial charge in [0.15, 0.2) is 0 Å². The summed E-state index contributed by atoms with van der Waals surface area (Å²) in [6.45, 7) is 1.73. The zero-order valence-electron chi connectivity index (χ0n) is 10.7. The fourth-order valence-corrected chi connectivity index (χ4v) is 2.72. The van der Waals surface area contributed by atoms with Gasteiger partial charge in [0.1, 0.15) is 5.82 Å². The van der Waals surface area contributed by atoms with E-state index in [1.165, 1.54) is 23.0 Å². The minimum atomic E-state index is -0.314. The van der Waals surface area contributed by atoms with Crippen LogP contribution in [0.1, 0.15) is 16.8 Å². The molecule has 20 heavy (non-hydrogen) atoms. The van der Waals surface area contributed by atoms with Gasteiger partial charge in [-0.3, -0.25) is 9.36 Å². The molecular weight excluding hydrogens is 325 g/mol. The first-order valence-electron chi connectivity index (χ1n) is 6.37. The number of halogens is 2. The molecule has 0 radical (unpaired) electrons. The second kappa shape index (κ2) is 5.46. The topological polar surface area (TPSA) is 46.9 Å². The molecule has 1 aliphatic heterocycles. The van der Waals surface area contributed by atoms with Crippen molar-refractivity contribution in [2.24, 2.45) is 0 Å². The fraction of sp³-hybridized carbons (Fsp3) is 0.286. The van der Waals surface area contributed by atoms with Crippen molar-refractivity contribution in [3.63, 3.8) is 0 Å². The van der Waals surface area contributed by atoms with Crippen LogP contribution in [0.15, 0.2) is 33.8 Å². The van der Waals surface area contributed by atoms with Crippen molar-refractivity contribution in [1.29, 1.82) is 0 Å². The lowest BCUT2D eigenvalue weighted by molar-refractivity contribution is 0.593. The maximum atomic E-state index is 13.3. The zero-order valence-corrected chi connectivity index (χ0v) is 12.3. The fourth-order valence-electron chi connectivity index (χ4n) is 2.35. The van der Waals surface area contributed by atoms with E-state index in [2.05, 4.69) is 26.2 Å². The standard InChI is InChI=1S/C14H13BrFN3O/c15-12-2-1-10(16)5-9(12)7-19-8-18-13-6-17-4-3-11(13)14(19)20/h1-2,5,8,17H,3-4,6-7H2. The van der Waals surface area contributed by atoms with E-state index in [-0.39, 0.29) is 11.4 Å². The van der Waals surface area contributed by atoms with Gasteiger partial charge in [0.05, 0.1) is 18.6 Å². The number of rotatable bonds is 2. The number of fused-ring (bicyclic) bond motifs is 1. The molecule has 2 aromatic rings. The van der Waals surface area contributed by atoms with E-state index in [1.807, 2.05) is 0 Å². The van der Waals surface area contributed by atoms with Gasteiger partial charge in [-0.05, 0) is 36.7 Å². The summed E-state index contributed by atoms with van der Waals surface area (Å²) in [6.07, 6.45) is 2.22. The van der Waals surface area contributed by atoms with E-state index in [9.17, 15) is 9.18 Å². The molecule has 1 N–H and O–H groups in total. The third-order valence-electron chi connectivity index (χ3n) is 3.41. The first-order valence-corrected chi connectivity index (χ1v) is 7.16.